The van der Waals surface area contributed by atoms with Gasteiger partial charge in [0.25, 0.3) is 0 Å². The van der Waals surface area contributed by atoms with Crippen molar-refractivity contribution in [1.82, 2.24) is 0 Å². The average molecular weight is 2880 g/mol. The van der Waals surface area contributed by atoms with Gasteiger partial charge >= 0.3 is 349 Å². The zero-order valence-corrected chi connectivity index (χ0v) is 57.3. The van der Waals surface area contributed by atoms with Gasteiger partial charge in [-0.2, -0.15) is 0 Å². The van der Waals surface area contributed by atoms with Crippen LogP contribution < -0.4 is 0 Å². The molecule has 0 aliphatic rings. The SMILES string of the molecule is [O]=[Bi][O][Bi]=[O].[O]=[Bi][O][Bi]=[O].[O]=[Bi][O][Bi]=[O].[O]=[Bi][O][Bi]=[O].[O]=[Bi][O][Bi]=[O].[O]=[Bi][O][Bi]=[O].[O]=[Ti]=[O]. The molecule has 0 aromatic rings. The molecule has 0 aromatic heterocycles. The summed E-state index contributed by atoms with van der Waals surface area (Å²) in [4.78, 5) is 0. The van der Waals surface area contributed by atoms with E-state index in [1.54, 1.807) is 0 Å². The Labute approximate surface area is 338 Å². The molecule has 33 heavy (non-hydrogen) atoms. The van der Waals surface area contributed by atoms with E-state index in [0.29, 0.717) is 0 Å². The topological polar surface area (TPSA) is 294 Å². The summed E-state index contributed by atoms with van der Waals surface area (Å²) in [7, 11) is 0. The predicted octanol–water partition coefficient (Wildman–Crippen LogP) is -6.65. The van der Waals surface area contributed by atoms with E-state index in [1.807, 2.05) is 0 Å². The van der Waals surface area contributed by atoms with Crippen LogP contribution in [-0.4, -0.2) is 284 Å². The molecule has 0 aliphatic carbocycles. The summed E-state index contributed by atoms with van der Waals surface area (Å²) in [6, 6.07) is 0. The van der Waals surface area contributed by atoms with Gasteiger partial charge in [0, 0.05) is 0 Å². The molecular weight excluding hydrogens is 2880 g/mol. The third-order valence-electron chi connectivity index (χ3n) is 0.400. The van der Waals surface area contributed by atoms with Crippen LogP contribution in [0.1, 0.15) is 0 Å². The molecule has 184 valence electrons. The molecule has 0 bridgehead atoms. The predicted molar refractivity (Wildman–Crippen MR) is 85.2 cm³/mol. The van der Waals surface area contributed by atoms with Crippen molar-refractivity contribution in [2.45, 2.75) is 0 Å². The van der Waals surface area contributed by atoms with Gasteiger partial charge in [0.15, 0.2) is 0 Å². The van der Waals surface area contributed by atoms with E-state index >= 15 is 0 Å². The van der Waals surface area contributed by atoms with Crippen molar-refractivity contribution in [2.75, 3.05) is 0 Å². The second kappa shape index (κ2) is 83.5. The van der Waals surface area contributed by atoms with Crippen LogP contribution in [0, 0.1) is 0 Å². The second-order valence-corrected chi connectivity index (χ2v) is 45.9. The molecule has 0 heterocycles. The van der Waals surface area contributed by atoms with Crippen LogP contribution in [0.15, 0.2) is 0 Å². The fourth-order valence-corrected chi connectivity index (χ4v) is 6.29. The fraction of sp³-hybridized carbons (Fsp3) is 0. The summed E-state index contributed by atoms with van der Waals surface area (Å²) in [6.07, 6.45) is 0. The molecule has 0 saturated heterocycles. The molecule has 0 aromatic carbocycles. The van der Waals surface area contributed by atoms with Crippen LogP contribution in [0.5, 0.6) is 0 Å². The Hall–Kier alpha value is 8.27. The van der Waals surface area contributed by atoms with Crippen LogP contribution in [0.2, 0.25) is 0 Å². The fourth-order valence-electron chi connectivity index (χ4n) is 0.0816. The molecule has 0 spiro atoms. The van der Waals surface area contributed by atoms with E-state index < -0.39 is 303 Å². The first-order chi connectivity index (χ1) is 15.9. The first kappa shape index (κ1) is 57.0. The minimum atomic E-state index is -2.00. The van der Waals surface area contributed by atoms with Crippen LogP contribution >= 0.6 is 0 Å². The maximum absolute atomic E-state index is 9.33. The second-order valence-electron chi connectivity index (χ2n) is 1.47. The summed E-state index contributed by atoms with van der Waals surface area (Å²) in [5.41, 5.74) is 0. The van der Waals surface area contributed by atoms with Gasteiger partial charge in [0.1, 0.15) is 0 Å². The molecule has 0 amide bonds. The summed E-state index contributed by atoms with van der Waals surface area (Å²) in [6.45, 7) is 0. The van der Waals surface area contributed by atoms with Crippen molar-refractivity contribution in [3.05, 3.63) is 0 Å². The zero-order chi connectivity index (χ0) is 27.4. The Morgan fingerprint density at radius 1 is 0.273 bits per heavy atom. The van der Waals surface area contributed by atoms with E-state index in [0.717, 1.165) is 0 Å². The van der Waals surface area contributed by atoms with Crippen LogP contribution in [0.25, 0.3) is 0 Å². The first-order valence-electron chi connectivity index (χ1n) is 4.79. The Kier molecular flexibility index (Phi) is 144. The maximum atomic E-state index is 9.33. The van der Waals surface area contributed by atoms with E-state index in [9.17, 15) is 33.8 Å². The Morgan fingerprint density at radius 3 is 0.333 bits per heavy atom. The van der Waals surface area contributed by atoms with Crippen molar-refractivity contribution < 1.29 is 64.8 Å². The minimum absolute atomic E-state index is 1.85. The van der Waals surface area contributed by atoms with Crippen molar-refractivity contribution in [3.8, 4) is 0 Å². The van der Waals surface area contributed by atoms with Crippen LogP contribution in [0.4, 0.5) is 0 Å². The van der Waals surface area contributed by atoms with E-state index in [2.05, 4.69) is 5.34 Å². The number of rotatable bonds is 12. The Balaban J connectivity index is -0.0000000480. The quantitative estimate of drug-likeness (QED) is 0.164. The average Bonchev–Trinajstić information content (AvgIpc) is 2.80. The van der Waals surface area contributed by atoms with Crippen molar-refractivity contribution >= 4 is 284 Å². The van der Waals surface area contributed by atoms with Gasteiger partial charge in [0.2, 0.25) is 0 Å². The summed E-state index contributed by atoms with van der Waals surface area (Å²) in [5.74, 6) is 0. The monoisotopic (exact) mass is 2880 g/mol. The molecule has 0 rings (SSSR count). The van der Waals surface area contributed by atoms with Gasteiger partial charge in [-0.05, 0) is 0 Å². The molecular formula is Bi12O20Ti. The Morgan fingerprint density at radius 2 is 0.333 bits per heavy atom. The van der Waals surface area contributed by atoms with Gasteiger partial charge in [-0.15, -0.1) is 0 Å². The first-order valence-corrected chi connectivity index (χ1v) is 40.1. The van der Waals surface area contributed by atoms with Gasteiger partial charge in [0.05, 0.1) is 0 Å². The van der Waals surface area contributed by atoms with E-state index in [-0.39, 0.29) is 0 Å². The molecule has 33 heteroatoms. The van der Waals surface area contributed by atoms with E-state index in [4.69, 9.17) is 6.65 Å². The van der Waals surface area contributed by atoms with Crippen molar-refractivity contribution in [1.29, 1.82) is 0 Å². The number of hydrogen-bond donors (Lipinski definition) is 0. The van der Waals surface area contributed by atoms with Gasteiger partial charge < -0.3 is 0 Å². The Bertz CT molecular complexity index is 395. The molecule has 0 unspecified atom stereocenters. The van der Waals surface area contributed by atoms with Crippen LogP contribution in [-0.2, 0) is 64.8 Å². The normalized spacial score (nSPS) is 6.06. The summed E-state index contributed by atoms with van der Waals surface area (Å²) in [5, 5.41) is 0. The zero-order valence-electron chi connectivity index (χ0n) is 14.0. The molecule has 0 aliphatic heterocycles. The molecule has 20 nitrogen and oxygen atoms in total. The molecule has 0 atom stereocenters. The van der Waals surface area contributed by atoms with Crippen molar-refractivity contribution in [3.63, 3.8) is 0 Å². The third-order valence-corrected chi connectivity index (χ3v) is 30.8. The number of hydrogen-bond acceptors (Lipinski definition) is 20. The van der Waals surface area contributed by atoms with Gasteiger partial charge in [-0.3, -0.25) is 0 Å². The third kappa shape index (κ3) is 144. The standard InChI is InChI=1S/12Bi.20O.Ti. The van der Waals surface area contributed by atoms with Crippen molar-refractivity contribution in [2.24, 2.45) is 0 Å². The van der Waals surface area contributed by atoms with Gasteiger partial charge in [-0.25, -0.2) is 0 Å². The van der Waals surface area contributed by atoms with Crippen LogP contribution in [0.3, 0.4) is 0 Å². The van der Waals surface area contributed by atoms with Gasteiger partial charge in [-0.1, -0.05) is 0 Å². The summed E-state index contributed by atoms with van der Waals surface area (Å²) >= 11 is -24.2. The summed E-state index contributed by atoms with van der Waals surface area (Å²) < 4.78 is 153. The molecule has 0 saturated carbocycles. The molecule has 0 N–H and O–H groups in total. The molecule has 0 radical (unpaired) electrons. The molecule has 0 fully saturated rings. The van der Waals surface area contributed by atoms with E-state index in [1.165, 1.54) is 0 Å².